The second-order valence-electron chi connectivity index (χ2n) is 6.11. The SMILES string of the molecule is O=C(COC(=O)CCc1nc2ccccc2s1)Nc1ccc2c(c1)OC(F)(F)O2. The van der Waals surface area contributed by atoms with E-state index >= 15 is 0 Å². The number of ether oxygens (including phenoxy) is 3. The van der Waals surface area contributed by atoms with Crippen LogP contribution >= 0.6 is 11.3 Å². The number of aryl methyl sites for hydroxylation is 1. The fourth-order valence-corrected chi connectivity index (χ4v) is 3.64. The average Bonchev–Trinajstić information content (AvgIpc) is 3.22. The van der Waals surface area contributed by atoms with Crippen molar-refractivity contribution in [3.8, 4) is 11.5 Å². The van der Waals surface area contributed by atoms with Crippen LogP contribution in [-0.2, 0) is 20.7 Å². The molecular weight excluding hydrogens is 406 g/mol. The molecule has 4 rings (SSSR count). The van der Waals surface area contributed by atoms with Crippen LogP contribution in [0.15, 0.2) is 42.5 Å². The van der Waals surface area contributed by atoms with Crippen LogP contribution in [-0.4, -0.2) is 29.8 Å². The first kappa shape index (κ1) is 19.1. The summed E-state index contributed by atoms with van der Waals surface area (Å²) in [4.78, 5) is 28.2. The smallest absolute Gasteiger partial charge is 0.456 e. The molecule has 10 heteroatoms. The highest BCUT2D eigenvalue weighted by molar-refractivity contribution is 7.18. The van der Waals surface area contributed by atoms with Crippen molar-refractivity contribution >= 4 is 39.1 Å². The fraction of sp³-hybridized carbons (Fsp3) is 0.211. The van der Waals surface area contributed by atoms with Gasteiger partial charge in [0, 0.05) is 18.2 Å². The van der Waals surface area contributed by atoms with Gasteiger partial charge in [0.15, 0.2) is 18.1 Å². The lowest BCUT2D eigenvalue weighted by atomic mass is 10.3. The monoisotopic (exact) mass is 420 g/mol. The number of benzene rings is 2. The third-order valence-electron chi connectivity index (χ3n) is 3.93. The van der Waals surface area contributed by atoms with Crippen LogP contribution in [0.3, 0.4) is 0 Å². The van der Waals surface area contributed by atoms with Gasteiger partial charge in [0.2, 0.25) is 0 Å². The van der Waals surface area contributed by atoms with Crippen molar-refractivity contribution in [1.82, 2.24) is 4.98 Å². The Morgan fingerprint density at radius 3 is 2.76 bits per heavy atom. The third kappa shape index (κ3) is 4.60. The van der Waals surface area contributed by atoms with E-state index in [1.807, 2.05) is 24.3 Å². The molecule has 0 saturated carbocycles. The second kappa shape index (κ2) is 7.63. The molecule has 0 bridgehead atoms. The van der Waals surface area contributed by atoms with Gasteiger partial charge in [-0.15, -0.1) is 20.1 Å². The Kier molecular flexibility index (Phi) is 5.01. The van der Waals surface area contributed by atoms with Gasteiger partial charge in [0.1, 0.15) is 0 Å². The molecule has 0 aliphatic carbocycles. The van der Waals surface area contributed by atoms with Gasteiger partial charge in [-0.25, -0.2) is 4.98 Å². The number of rotatable bonds is 6. The van der Waals surface area contributed by atoms with E-state index in [-0.39, 0.29) is 23.6 Å². The Bertz CT molecular complexity index is 1050. The number of hydrogen-bond donors (Lipinski definition) is 1. The minimum Gasteiger partial charge on any atom is -0.456 e. The number of esters is 1. The van der Waals surface area contributed by atoms with E-state index in [1.54, 1.807) is 0 Å². The van der Waals surface area contributed by atoms with Crippen molar-refractivity contribution in [3.05, 3.63) is 47.5 Å². The lowest BCUT2D eigenvalue weighted by molar-refractivity contribution is -0.286. The lowest BCUT2D eigenvalue weighted by Crippen LogP contribution is -2.25. The van der Waals surface area contributed by atoms with Crippen LogP contribution in [0.4, 0.5) is 14.5 Å². The van der Waals surface area contributed by atoms with Gasteiger partial charge in [0.05, 0.1) is 21.6 Å². The Morgan fingerprint density at radius 1 is 1.14 bits per heavy atom. The summed E-state index contributed by atoms with van der Waals surface area (Å²) in [6, 6.07) is 11.5. The summed E-state index contributed by atoms with van der Waals surface area (Å²) < 4.78 is 40.6. The molecule has 1 aliphatic heterocycles. The zero-order valence-corrected chi connectivity index (χ0v) is 15.6. The first-order chi connectivity index (χ1) is 13.9. The van der Waals surface area contributed by atoms with Crippen molar-refractivity contribution in [2.75, 3.05) is 11.9 Å². The van der Waals surface area contributed by atoms with E-state index in [2.05, 4.69) is 19.8 Å². The van der Waals surface area contributed by atoms with E-state index in [1.165, 1.54) is 29.5 Å². The molecule has 2 aromatic carbocycles. The molecule has 29 heavy (non-hydrogen) atoms. The first-order valence-electron chi connectivity index (χ1n) is 8.58. The summed E-state index contributed by atoms with van der Waals surface area (Å²) in [5, 5.41) is 3.25. The van der Waals surface area contributed by atoms with Crippen molar-refractivity contribution in [2.24, 2.45) is 0 Å². The average molecular weight is 420 g/mol. The topological polar surface area (TPSA) is 86.8 Å². The molecule has 1 amide bonds. The number of carbonyl (C=O) groups excluding carboxylic acids is 2. The normalized spacial score (nSPS) is 14.0. The Labute approximate surface area is 167 Å². The number of nitrogens with zero attached hydrogens (tertiary/aromatic N) is 1. The number of anilines is 1. The maximum absolute atomic E-state index is 13.0. The second-order valence-corrected chi connectivity index (χ2v) is 7.23. The van der Waals surface area contributed by atoms with Crippen LogP contribution < -0.4 is 14.8 Å². The summed E-state index contributed by atoms with van der Waals surface area (Å²) in [6.45, 7) is -0.497. The molecule has 2 heterocycles. The van der Waals surface area contributed by atoms with Crippen LogP contribution in [0.1, 0.15) is 11.4 Å². The van der Waals surface area contributed by atoms with Crippen LogP contribution in [0.2, 0.25) is 0 Å². The standard InChI is InChI=1S/C19H14F2N2O5S/c20-19(21)27-13-6-5-11(9-14(13)28-19)22-16(24)10-26-18(25)8-7-17-23-12-3-1-2-4-15(12)29-17/h1-6,9H,7-8,10H2,(H,22,24). The predicted octanol–water partition coefficient (Wildman–Crippen LogP) is 3.73. The van der Waals surface area contributed by atoms with Crippen molar-refractivity contribution < 1.29 is 32.6 Å². The van der Waals surface area contributed by atoms with Gasteiger partial charge in [-0.1, -0.05) is 12.1 Å². The van der Waals surface area contributed by atoms with Crippen molar-refractivity contribution in [3.63, 3.8) is 0 Å². The van der Waals surface area contributed by atoms with Crippen molar-refractivity contribution in [2.45, 2.75) is 19.1 Å². The molecule has 1 aromatic heterocycles. The summed E-state index contributed by atoms with van der Waals surface area (Å²) in [5.74, 6) is -1.47. The summed E-state index contributed by atoms with van der Waals surface area (Å²) >= 11 is 1.50. The van der Waals surface area contributed by atoms with E-state index in [0.717, 1.165) is 15.2 Å². The molecule has 0 saturated heterocycles. The number of alkyl halides is 2. The Morgan fingerprint density at radius 2 is 1.93 bits per heavy atom. The van der Waals surface area contributed by atoms with Gasteiger partial charge >= 0.3 is 12.3 Å². The van der Waals surface area contributed by atoms with E-state index in [4.69, 9.17) is 4.74 Å². The Balaban J connectivity index is 1.24. The molecule has 0 fully saturated rings. The number of aromatic nitrogens is 1. The minimum absolute atomic E-state index is 0.0895. The molecule has 7 nitrogen and oxygen atoms in total. The van der Waals surface area contributed by atoms with E-state index in [9.17, 15) is 18.4 Å². The number of amides is 1. The predicted molar refractivity (Wildman–Crippen MR) is 100 cm³/mol. The number of thiazole rings is 1. The highest BCUT2D eigenvalue weighted by Crippen LogP contribution is 2.42. The van der Waals surface area contributed by atoms with E-state index in [0.29, 0.717) is 6.42 Å². The van der Waals surface area contributed by atoms with Crippen LogP contribution in [0.25, 0.3) is 10.2 Å². The molecule has 1 aliphatic rings. The number of hydrogen-bond acceptors (Lipinski definition) is 7. The van der Waals surface area contributed by atoms with Crippen molar-refractivity contribution in [1.29, 1.82) is 0 Å². The molecule has 0 radical (unpaired) electrons. The fourth-order valence-electron chi connectivity index (χ4n) is 2.68. The maximum atomic E-state index is 13.0. The molecule has 0 spiro atoms. The number of carbonyl (C=O) groups is 2. The maximum Gasteiger partial charge on any atom is 0.586 e. The van der Waals surface area contributed by atoms with Crippen LogP contribution in [0.5, 0.6) is 11.5 Å². The number of para-hydroxylation sites is 1. The zero-order chi connectivity index (χ0) is 20.4. The molecule has 0 unspecified atom stereocenters. The quantitative estimate of drug-likeness (QED) is 0.612. The highest BCUT2D eigenvalue weighted by atomic mass is 32.1. The first-order valence-corrected chi connectivity index (χ1v) is 9.39. The number of fused-ring (bicyclic) bond motifs is 2. The van der Waals surface area contributed by atoms with Gasteiger partial charge in [-0.05, 0) is 24.3 Å². The summed E-state index contributed by atoms with van der Waals surface area (Å²) in [6.07, 6.45) is -3.23. The van der Waals surface area contributed by atoms with Gasteiger partial charge < -0.3 is 19.5 Å². The van der Waals surface area contributed by atoms with Gasteiger partial charge in [-0.2, -0.15) is 0 Å². The third-order valence-corrected chi connectivity index (χ3v) is 5.03. The number of halogens is 2. The lowest BCUT2D eigenvalue weighted by Gasteiger charge is -2.07. The van der Waals surface area contributed by atoms with Gasteiger partial charge in [-0.3, -0.25) is 9.59 Å². The van der Waals surface area contributed by atoms with Crippen LogP contribution in [0, 0.1) is 0 Å². The molecule has 1 N–H and O–H groups in total. The summed E-state index contributed by atoms with van der Waals surface area (Å²) in [7, 11) is 0. The number of nitrogens with one attached hydrogen (secondary N) is 1. The largest absolute Gasteiger partial charge is 0.586 e. The Hall–Kier alpha value is -3.27. The van der Waals surface area contributed by atoms with E-state index < -0.39 is 24.8 Å². The van der Waals surface area contributed by atoms with Gasteiger partial charge in [0.25, 0.3) is 5.91 Å². The molecule has 0 atom stereocenters. The summed E-state index contributed by atoms with van der Waals surface area (Å²) in [5.41, 5.74) is 1.09. The highest BCUT2D eigenvalue weighted by Gasteiger charge is 2.43. The zero-order valence-electron chi connectivity index (χ0n) is 14.8. The molecule has 150 valence electrons. The minimum atomic E-state index is -3.73. The molecular formula is C19H14F2N2O5S. The molecule has 3 aromatic rings.